The molecule has 3 heterocycles. The van der Waals surface area contributed by atoms with Crippen molar-refractivity contribution in [2.45, 2.75) is 24.9 Å². The van der Waals surface area contributed by atoms with Crippen molar-refractivity contribution >= 4 is 29.6 Å². The molecule has 3 aromatic rings. The largest absolute Gasteiger partial charge is 0.343 e. The van der Waals surface area contributed by atoms with Gasteiger partial charge in [-0.15, -0.1) is 0 Å². The van der Waals surface area contributed by atoms with Crippen LogP contribution in [0.2, 0.25) is 5.02 Å². The lowest BCUT2D eigenvalue weighted by molar-refractivity contribution is -0.156. The number of carbonyl (C=O) groups excluding carboxylic acids is 1. The maximum absolute atomic E-state index is 12.3. The Morgan fingerprint density at radius 3 is 2.61 bits per heavy atom. The quantitative estimate of drug-likeness (QED) is 0.608. The summed E-state index contributed by atoms with van der Waals surface area (Å²) in [6.45, 7) is 0.358. The molecule has 0 amide bonds. The van der Waals surface area contributed by atoms with Gasteiger partial charge in [-0.05, 0) is 48.6 Å². The zero-order chi connectivity index (χ0) is 19.3. The van der Waals surface area contributed by atoms with Crippen molar-refractivity contribution < 1.29 is 14.3 Å². The van der Waals surface area contributed by atoms with Gasteiger partial charge in [0.1, 0.15) is 6.10 Å². The number of hydrogen-bond donors (Lipinski definition) is 0. The number of halogens is 1. The molecule has 2 aromatic carbocycles. The van der Waals surface area contributed by atoms with Crippen molar-refractivity contribution in [1.82, 2.24) is 14.3 Å². The monoisotopic (exact) mass is 413 g/mol. The topological polar surface area (TPSA) is 58.3 Å². The van der Waals surface area contributed by atoms with Crippen LogP contribution in [0.1, 0.15) is 12.5 Å². The van der Waals surface area contributed by atoms with E-state index in [1.807, 2.05) is 59.2 Å². The first-order valence-corrected chi connectivity index (χ1v) is 9.73. The maximum atomic E-state index is 12.3. The number of ether oxygens (including phenoxy) is 2. The minimum absolute atomic E-state index is 0.0806. The highest BCUT2D eigenvalue weighted by molar-refractivity contribution is 7.71. The predicted molar refractivity (Wildman–Crippen MR) is 106 cm³/mol. The summed E-state index contributed by atoms with van der Waals surface area (Å²) in [6, 6.07) is 16.9. The maximum Gasteiger partial charge on any atom is 0.218 e. The Balaban J connectivity index is 1.68. The highest BCUT2D eigenvalue weighted by Gasteiger charge is 2.45. The fourth-order valence-electron chi connectivity index (χ4n) is 3.66. The summed E-state index contributed by atoms with van der Waals surface area (Å²) < 4.78 is 15.3. The van der Waals surface area contributed by atoms with Crippen LogP contribution in [0.15, 0.2) is 54.6 Å². The lowest BCUT2D eigenvalue weighted by Crippen LogP contribution is -2.37. The second-order valence-electron chi connectivity index (χ2n) is 6.81. The van der Waals surface area contributed by atoms with Gasteiger partial charge in [-0.1, -0.05) is 29.8 Å². The van der Waals surface area contributed by atoms with Crippen molar-refractivity contribution in [2.24, 2.45) is 0 Å². The summed E-state index contributed by atoms with van der Waals surface area (Å²) >= 11 is 11.8. The molecule has 1 aromatic heterocycles. The van der Waals surface area contributed by atoms with Gasteiger partial charge in [-0.2, -0.15) is 5.10 Å². The van der Waals surface area contributed by atoms with Gasteiger partial charge >= 0.3 is 0 Å². The van der Waals surface area contributed by atoms with Crippen LogP contribution >= 0.6 is 23.8 Å². The Morgan fingerprint density at radius 2 is 1.86 bits per heavy atom. The number of ketones is 1. The fraction of sp³-hybridized carbons (Fsp3) is 0.250. The molecule has 0 radical (unpaired) electrons. The Morgan fingerprint density at radius 1 is 1.11 bits per heavy atom. The molecule has 142 valence electrons. The van der Waals surface area contributed by atoms with Gasteiger partial charge in [0, 0.05) is 22.7 Å². The number of hydrogen-bond acceptors (Lipinski definition) is 5. The molecule has 2 fully saturated rings. The number of para-hydroxylation sites is 1. The van der Waals surface area contributed by atoms with E-state index >= 15 is 0 Å². The molecule has 0 N–H and O–H groups in total. The molecule has 2 bridgehead atoms. The molecule has 0 aliphatic carbocycles. The highest BCUT2D eigenvalue weighted by atomic mass is 35.5. The van der Waals surface area contributed by atoms with Crippen LogP contribution in [0.25, 0.3) is 17.1 Å². The van der Waals surface area contributed by atoms with Crippen molar-refractivity contribution in [2.75, 3.05) is 6.61 Å². The summed E-state index contributed by atoms with van der Waals surface area (Å²) in [4.78, 5) is 12.3. The molecule has 28 heavy (non-hydrogen) atoms. The third-order valence-electron chi connectivity index (χ3n) is 5.05. The minimum Gasteiger partial charge on any atom is -0.343 e. The van der Waals surface area contributed by atoms with E-state index in [0.717, 1.165) is 11.3 Å². The molecule has 5 rings (SSSR count). The van der Waals surface area contributed by atoms with Crippen LogP contribution in [0.3, 0.4) is 0 Å². The van der Waals surface area contributed by atoms with E-state index in [1.54, 1.807) is 4.68 Å². The van der Waals surface area contributed by atoms with Gasteiger partial charge in [0.15, 0.2) is 11.6 Å². The molecular weight excluding hydrogens is 398 g/mol. The summed E-state index contributed by atoms with van der Waals surface area (Å²) in [5.41, 5.74) is 1.77. The van der Waals surface area contributed by atoms with Crippen LogP contribution in [-0.2, 0) is 14.3 Å². The van der Waals surface area contributed by atoms with Crippen molar-refractivity contribution in [3.05, 3.63) is 64.4 Å². The molecule has 0 unspecified atom stereocenters. The number of fused-ring (bicyclic) bond motifs is 2. The Kier molecular flexibility index (Phi) is 4.40. The fourth-order valence-corrected chi connectivity index (χ4v) is 4.16. The normalized spacial score (nSPS) is 23.9. The van der Waals surface area contributed by atoms with Gasteiger partial charge in [0.25, 0.3) is 0 Å². The summed E-state index contributed by atoms with van der Waals surface area (Å²) in [7, 11) is 0. The van der Waals surface area contributed by atoms with Crippen molar-refractivity contribution in [3.63, 3.8) is 0 Å². The van der Waals surface area contributed by atoms with Gasteiger partial charge < -0.3 is 9.47 Å². The van der Waals surface area contributed by atoms with Crippen LogP contribution in [0.5, 0.6) is 0 Å². The molecule has 0 spiro atoms. The molecule has 2 aliphatic heterocycles. The Labute approximate surface area is 171 Å². The Hall–Kier alpha value is -2.32. The van der Waals surface area contributed by atoms with Crippen LogP contribution in [0.4, 0.5) is 0 Å². The average molecular weight is 414 g/mol. The molecule has 6 nitrogen and oxygen atoms in total. The van der Waals surface area contributed by atoms with Gasteiger partial charge in [0.2, 0.25) is 11.1 Å². The SMILES string of the molecule is O=C1C[C@H](n2nc(-c3ccc(Cl)cc3)n(-c3ccccc3)c2=S)[C@H]2CO[C@@H]1O2. The average Bonchev–Trinajstić information content (AvgIpc) is 3.29. The summed E-state index contributed by atoms with van der Waals surface area (Å²) in [6.07, 6.45) is -0.705. The first kappa shape index (κ1) is 17.8. The van der Waals surface area contributed by atoms with Crippen molar-refractivity contribution in [3.8, 4) is 17.1 Å². The molecular formula is C20H16ClN3O3S. The first-order chi connectivity index (χ1) is 13.6. The number of nitrogens with zero attached hydrogens (tertiary/aromatic N) is 3. The third kappa shape index (κ3) is 2.91. The molecule has 0 saturated carbocycles. The van der Waals surface area contributed by atoms with E-state index in [2.05, 4.69) is 0 Å². The lowest BCUT2D eigenvalue weighted by Gasteiger charge is -2.26. The third-order valence-corrected chi connectivity index (χ3v) is 5.67. The van der Waals surface area contributed by atoms with E-state index in [0.29, 0.717) is 22.2 Å². The molecule has 8 heteroatoms. The van der Waals surface area contributed by atoms with E-state index in [9.17, 15) is 4.79 Å². The number of aromatic nitrogens is 3. The number of benzene rings is 2. The standard InChI is InChI=1S/C20H16ClN3O3S/c21-13-8-6-12(7-9-13)18-22-24(15-10-16(25)19-26-11-17(15)27-19)20(28)23(18)14-4-2-1-3-5-14/h1-9,15,17,19H,10-11H2/t15-,17+,19+/m0/s1. The van der Waals surface area contributed by atoms with E-state index in [-0.39, 0.29) is 24.3 Å². The summed E-state index contributed by atoms with van der Waals surface area (Å²) in [5, 5.41) is 5.45. The number of carbonyl (C=O) groups is 1. The second kappa shape index (κ2) is 6.93. The zero-order valence-electron chi connectivity index (χ0n) is 14.7. The van der Waals surface area contributed by atoms with Gasteiger partial charge in [0.05, 0.1) is 12.6 Å². The summed E-state index contributed by atoms with van der Waals surface area (Å²) in [5.74, 6) is 0.601. The van der Waals surface area contributed by atoms with E-state index in [1.165, 1.54) is 0 Å². The number of Topliss-reactive ketones (excluding diaryl/α,β-unsaturated/α-hetero) is 1. The predicted octanol–water partition coefficient (Wildman–Crippen LogP) is 3.98. The molecule has 2 saturated heterocycles. The van der Waals surface area contributed by atoms with E-state index < -0.39 is 6.29 Å². The van der Waals surface area contributed by atoms with Crippen LogP contribution < -0.4 is 0 Å². The molecule has 2 aliphatic rings. The zero-order valence-corrected chi connectivity index (χ0v) is 16.3. The Bertz CT molecular complexity index is 1090. The highest BCUT2D eigenvalue weighted by Crippen LogP contribution is 2.34. The van der Waals surface area contributed by atoms with Gasteiger partial charge in [-0.3, -0.25) is 9.36 Å². The number of rotatable bonds is 3. The minimum atomic E-state index is -0.748. The van der Waals surface area contributed by atoms with Crippen molar-refractivity contribution in [1.29, 1.82) is 0 Å². The lowest BCUT2D eigenvalue weighted by atomic mass is 10.0. The van der Waals surface area contributed by atoms with E-state index in [4.69, 9.17) is 38.4 Å². The smallest absolute Gasteiger partial charge is 0.218 e. The van der Waals surface area contributed by atoms with Crippen LogP contribution in [0, 0.1) is 4.77 Å². The second-order valence-corrected chi connectivity index (χ2v) is 7.61. The van der Waals surface area contributed by atoms with Crippen LogP contribution in [-0.4, -0.2) is 39.1 Å². The first-order valence-electron chi connectivity index (χ1n) is 8.94. The molecule has 3 atom stereocenters. The van der Waals surface area contributed by atoms with Gasteiger partial charge in [-0.25, -0.2) is 4.68 Å².